The summed E-state index contributed by atoms with van der Waals surface area (Å²) < 4.78 is 229. The highest BCUT2D eigenvalue weighted by Crippen LogP contribution is 2.60. The predicted molar refractivity (Wildman–Crippen MR) is 332 cm³/mol. The van der Waals surface area contributed by atoms with Crippen molar-refractivity contribution in [2.24, 2.45) is 53.3 Å². The molecule has 0 aromatic rings. The number of fused-ring (bicyclic) bond motifs is 7. The first-order valence-corrected chi connectivity index (χ1v) is 33.1. The molecule has 9 aliphatic rings. The minimum absolute atomic E-state index is 0.0682. The SMILES string of the molecule is C1CC2C3CCC(C3)C2C1.C=C(C)C(=O)O.C=C(C)C(=O)OC.C=C(C)C(=O)OC.C=C(C)C(=O)OC(C)CC(O)(C(F)(F)F)C(F)(F)F.C=C(C)C(=O)OC12CC3CC(CC(O)(C3)C1)C2.C=C(C)C(=O)OCCNS(=O)(=O)C(F)(F)F.OC(CC1CC2CCC1C2)(C(F)(F)F)C(F)(F)F. The van der Waals surface area contributed by atoms with E-state index in [0.29, 0.717) is 54.2 Å². The summed E-state index contributed by atoms with van der Waals surface area (Å²) in [6.45, 7) is 28.4. The van der Waals surface area contributed by atoms with Crippen LogP contribution in [0.5, 0.6) is 0 Å². The lowest BCUT2D eigenvalue weighted by atomic mass is 9.52. The Hall–Kier alpha value is -6.00. The highest BCUT2D eigenvalue weighted by atomic mass is 32.2. The maximum Gasteiger partial charge on any atom is 0.511 e. The van der Waals surface area contributed by atoms with E-state index in [4.69, 9.17) is 20.1 Å². The first-order chi connectivity index (χ1) is 45.2. The summed E-state index contributed by atoms with van der Waals surface area (Å²) in [6.07, 6.45) is -10.4. The summed E-state index contributed by atoms with van der Waals surface area (Å²) in [7, 11) is -2.72. The largest absolute Gasteiger partial charge is 0.511 e. The number of carbonyl (C=O) groups is 6. The number of methoxy groups -OCH3 is 2. The van der Waals surface area contributed by atoms with Gasteiger partial charge in [-0.05, 0) is 192 Å². The Labute approximate surface area is 572 Å². The zero-order valence-corrected chi connectivity index (χ0v) is 58.1. The van der Waals surface area contributed by atoms with E-state index < -0.39 is 119 Å². The maximum atomic E-state index is 12.5. The quantitative estimate of drug-likeness (QED) is 0.0316. The van der Waals surface area contributed by atoms with Crippen molar-refractivity contribution in [3.63, 3.8) is 0 Å². The fourth-order valence-electron chi connectivity index (χ4n) is 14.0. The van der Waals surface area contributed by atoms with Gasteiger partial charge in [0, 0.05) is 52.8 Å². The van der Waals surface area contributed by atoms with Crippen LogP contribution in [0.4, 0.5) is 65.9 Å². The molecule has 18 nitrogen and oxygen atoms in total. The third kappa shape index (κ3) is 27.0. The van der Waals surface area contributed by atoms with E-state index in [1.165, 1.54) is 69.8 Å². The van der Waals surface area contributed by atoms with Crippen molar-refractivity contribution >= 4 is 45.8 Å². The zero-order valence-electron chi connectivity index (χ0n) is 57.3. The fraction of sp³-hybridized carbons (Fsp3) is 0.727. The second-order valence-electron chi connectivity index (χ2n) is 27.1. The van der Waals surface area contributed by atoms with E-state index >= 15 is 0 Å². The molecule has 9 rings (SSSR count). The van der Waals surface area contributed by atoms with Gasteiger partial charge in [0.15, 0.2) is 0 Å². The van der Waals surface area contributed by atoms with Crippen LogP contribution in [0.3, 0.4) is 0 Å². The van der Waals surface area contributed by atoms with Gasteiger partial charge in [0.05, 0.1) is 19.8 Å². The molecule has 0 saturated heterocycles. The smallest absolute Gasteiger partial charge is 0.478 e. The molecule has 10 unspecified atom stereocenters. The van der Waals surface area contributed by atoms with Crippen molar-refractivity contribution in [3.05, 3.63) is 72.9 Å². The molecule has 0 amide bonds. The van der Waals surface area contributed by atoms with Gasteiger partial charge in [-0.1, -0.05) is 52.3 Å². The fourth-order valence-corrected chi connectivity index (χ4v) is 14.5. The molecular weight excluding hydrogens is 1400 g/mol. The normalized spacial score (nSPS) is 26.1. The first-order valence-electron chi connectivity index (χ1n) is 31.6. The van der Waals surface area contributed by atoms with Crippen molar-refractivity contribution in [3.8, 4) is 0 Å². The minimum atomic E-state index is -5.94. The molecule has 5 N–H and O–H groups in total. The van der Waals surface area contributed by atoms with E-state index in [2.05, 4.69) is 58.4 Å². The summed E-state index contributed by atoms with van der Waals surface area (Å²) in [5, 5.41) is 36.4. The second-order valence-corrected chi connectivity index (χ2v) is 28.8. The number of carboxylic acids is 1. The Morgan fingerprint density at radius 2 is 0.930 bits per heavy atom. The molecule has 34 heteroatoms. The average molecular weight is 1490 g/mol. The Morgan fingerprint density at radius 3 is 1.24 bits per heavy atom. The highest BCUT2D eigenvalue weighted by molar-refractivity contribution is 7.90. The number of aliphatic carboxylic acids is 1. The average Bonchev–Trinajstić information content (AvgIpc) is 0.812. The highest BCUT2D eigenvalue weighted by Gasteiger charge is 2.72. The summed E-state index contributed by atoms with van der Waals surface area (Å²) >= 11 is 0. The molecule has 9 saturated carbocycles. The van der Waals surface area contributed by atoms with Crippen LogP contribution < -0.4 is 4.72 Å². The Morgan fingerprint density at radius 1 is 0.530 bits per heavy atom. The lowest BCUT2D eigenvalue weighted by Crippen LogP contribution is -2.60. The van der Waals surface area contributed by atoms with Crippen LogP contribution in [0.15, 0.2) is 72.9 Å². The Balaban J connectivity index is 0.000000588. The molecule has 9 fully saturated rings. The van der Waals surface area contributed by atoms with Crippen LogP contribution in [-0.4, -0.2) is 151 Å². The van der Waals surface area contributed by atoms with Gasteiger partial charge in [0.1, 0.15) is 18.3 Å². The molecule has 0 spiro atoms. The van der Waals surface area contributed by atoms with Gasteiger partial charge < -0.3 is 44.1 Å². The summed E-state index contributed by atoms with van der Waals surface area (Å²) in [5.41, 5.74) is -14.5. The summed E-state index contributed by atoms with van der Waals surface area (Å²) in [6, 6.07) is 0. The van der Waals surface area contributed by atoms with E-state index in [-0.39, 0.29) is 46.5 Å². The number of ether oxygens (including phenoxy) is 5. The summed E-state index contributed by atoms with van der Waals surface area (Å²) in [5.74, 6) is 1.50. The standard InChI is InChI=1S/C14H20O3.C11H14F6O.C10H12F6O3.C10H16.C7H10F3NO4S.2C5H8O2.C4H6O2/c1-9(2)12(15)17-14-6-10-3-11(7-14)5-13(16,4-10)8-14;12-10(13,14)9(18,11(15,16)17)5-8-4-6-1-2-7(8)3-6;1-5(2)7(17)19-6(3)4-8(18,9(11,12)13)10(14,15)16;1-2-9-7-4-5-8(6-7)10(9)3-1;1-5(2)6(12)15-4-3-11-16(13,14)7(8,9)10;2*1-4(2)5(6)7-3;1-3(2)4(5)6/h10-11,16H,1,3-8H2,2H3;6-8,18H,1-5H2;6,18H,1,4H2,2-3H3;7-10H,1-6H2;11H,1,3-4H2,2H3;2*1H2,2-3H3;1H2,2H3,(H,5,6). The number of rotatable bonds is 16. The van der Waals surface area contributed by atoms with Gasteiger partial charge in [0.25, 0.3) is 11.2 Å². The molecule has 8 bridgehead atoms. The number of nitrogens with one attached hydrogen (secondary N) is 1. The van der Waals surface area contributed by atoms with Crippen molar-refractivity contribution in [2.45, 2.75) is 223 Å². The minimum Gasteiger partial charge on any atom is -0.478 e. The van der Waals surface area contributed by atoms with E-state index in [9.17, 15) is 108 Å². The van der Waals surface area contributed by atoms with E-state index in [1.54, 1.807) is 59.3 Å². The third-order valence-electron chi connectivity index (χ3n) is 18.3. The number of hydrogen-bond donors (Lipinski definition) is 5. The van der Waals surface area contributed by atoms with Crippen LogP contribution in [0.1, 0.15) is 164 Å². The molecule has 10 atom stereocenters. The number of carboxylic acid groups (broad SMARTS) is 1. The van der Waals surface area contributed by atoms with Gasteiger partial charge in [-0.2, -0.15) is 65.9 Å². The van der Waals surface area contributed by atoms with E-state index in [1.807, 2.05) is 0 Å². The van der Waals surface area contributed by atoms with Gasteiger partial charge in [-0.3, -0.25) is 0 Å². The molecule has 0 aliphatic heterocycles. The Kier molecular flexibility index (Phi) is 34.0. The zero-order chi connectivity index (χ0) is 78.1. The molecule has 0 radical (unpaired) electrons. The van der Waals surface area contributed by atoms with Gasteiger partial charge in [0.2, 0.25) is 0 Å². The second kappa shape index (κ2) is 36.9. The monoisotopic (exact) mass is 1490 g/mol. The van der Waals surface area contributed by atoms with Crippen LogP contribution in [0.2, 0.25) is 0 Å². The number of alkyl halides is 15. The first kappa shape index (κ1) is 92.0. The van der Waals surface area contributed by atoms with Crippen molar-refractivity contribution < 1.29 is 147 Å². The Bertz CT molecular complexity index is 2910. The number of sulfonamides is 1. The maximum absolute atomic E-state index is 12.5. The third-order valence-corrected chi connectivity index (χ3v) is 19.4. The number of carbonyl (C=O) groups excluding carboxylic acids is 5. The molecular formula is C66H94F15NO17S. The number of hydrogen-bond acceptors (Lipinski definition) is 16. The van der Waals surface area contributed by atoms with Gasteiger partial charge in [-0.25, -0.2) is 41.9 Å². The van der Waals surface area contributed by atoms with Crippen molar-refractivity contribution in [1.29, 1.82) is 0 Å². The lowest BCUT2D eigenvalue weighted by Gasteiger charge is -2.59. The molecule has 100 heavy (non-hydrogen) atoms. The lowest BCUT2D eigenvalue weighted by molar-refractivity contribution is -0.374. The number of aliphatic hydroxyl groups is 3. The van der Waals surface area contributed by atoms with Crippen LogP contribution in [0, 0.1) is 53.3 Å². The predicted octanol–water partition coefficient (Wildman–Crippen LogP) is 14.1. The van der Waals surface area contributed by atoms with Crippen LogP contribution in [-0.2, 0) is 62.5 Å². The van der Waals surface area contributed by atoms with Crippen LogP contribution >= 0.6 is 0 Å². The van der Waals surface area contributed by atoms with Gasteiger partial charge >= 0.3 is 76.1 Å². The molecule has 0 aromatic heterocycles. The molecule has 0 heterocycles. The number of halogens is 15. The van der Waals surface area contributed by atoms with Gasteiger partial charge in [-0.15, -0.1) is 0 Å². The van der Waals surface area contributed by atoms with E-state index in [0.717, 1.165) is 39.0 Å². The van der Waals surface area contributed by atoms with Crippen molar-refractivity contribution in [2.75, 3.05) is 27.4 Å². The molecule has 576 valence electrons. The topological polar surface area (TPSA) is 276 Å². The molecule has 0 aromatic carbocycles. The van der Waals surface area contributed by atoms with Crippen LogP contribution in [0.25, 0.3) is 0 Å². The number of esters is 5. The van der Waals surface area contributed by atoms with Crippen molar-refractivity contribution in [1.82, 2.24) is 4.72 Å². The molecule has 9 aliphatic carbocycles. The summed E-state index contributed by atoms with van der Waals surface area (Å²) in [4.78, 5) is 63.4.